The summed E-state index contributed by atoms with van der Waals surface area (Å²) in [6, 6.07) is 11.5. The minimum absolute atomic E-state index is 0.0760. The molecule has 0 aliphatic heterocycles. The minimum atomic E-state index is -1.24. The van der Waals surface area contributed by atoms with Crippen molar-refractivity contribution >= 4 is 17.8 Å². The summed E-state index contributed by atoms with van der Waals surface area (Å²) in [6.45, 7) is 19.5. The highest BCUT2D eigenvalue weighted by Gasteiger charge is 2.71. The molecule has 0 radical (unpaired) electrons. The van der Waals surface area contributed by atoms with Crippen molar-refractivity contribution in [3.05, 3.63) is 76.9 Å². The van der Waals surface area contributed by atoms with Gasteiger partial charge in [0.2, 0.25) is 5.91 Å². The number of amides is 2. The monoisotopic (exact) mass is 738 g/mol. The number of rotatable bonds is 8. The van der Waals surface area contributed by atoms with Crippen LogP contribution in [0.2, 0.25) is 0 Å². The fourth-order valence-corrected chi connectivity index (χ4v) is 13.9. The van der Waals surface area contributed by atoms with Crippen LogP contribution >= 0.6 is 0 Å². The SMILES string of the molecule is C=C(C)[C@@H]1CC[C@]2(C(=O)NCc3cccc(C(=O)NCc4ccc(O)c(C(=O)O)c4)c3)CC[C@]3(C)C(CCC4[C@@]5(C)CC[C@H](O)C(C)(C)C5CC[C@]43C)C12. The molecule has 5 N–H and O–H groups in total. The van der Waals surface area contributed by atoms with Gasteiger partial charge in [-0.15, -0.1) is 0 Å². The number of fused-ring (bicyclic) bond motifs is 7. The minimum Gasteiger partial charge on any atom is -0.507 e. The lowest BCUT2D eigenvalue weighted by Crippen LogP contribution is -2.67. The fraction of sp³-hybridized carbons (Fsp3) is 0.630. The molecule has 5 aliphatic carbocycles. The van der Waals surface area contributed by atoms with Crippen molar-refractivity contribution in [2.24, 2.45) is 56.7 Å². The molecular formula is C46H62N2O6. The maximum atomic E-state index is 14.7. The highest BCUT2D eigenvalue weighted by molar-refractivity contribution is 5.94. The molecule has 0 spiro atoms. The van der Waals surface area contributed by atoms with Gasteiger partial charge in [-0.1, -0.05) is 65.0 Å². The first-order valence-electron chi connectivity index (χ1n) is 20.4. The van der Waals surface area contributed by atoms with Crippen LogP contribution in [0.3, 0.4) is 0 Å². The summed E-state index contributed by atoms with van der Waals surface area (Å²) in [5.74, 6) is 0.416. The van der Waals surface area contributed by atoms with E-state index in [0.29, 0.717) is 41.3 Å². The Balaban J connectivity index is 1.08. The number of hydrogen-bond acceptors (Lipinski definition) is 5. The zero-order chi connectivity index (χ0) is 39.0. The zero-order valence-electron chi connectivity index (χ0n) is 33.3. The van der Waals surface area contributed by atoms with Crippen LogP contribution in [0.4, 0.5) is 0 Å². The highest BCUT2D eigenvalue weighted by Crippen LogP contribution is 2.77. The van der Waals surface area contributed by atoms with Crippen LogP contribution in [0.15, 0.2) is 54.6 Å². The van der Waals surface area contributed by atoms with E-state index in [1.165, 1.54) is 30.5 Å². The van der Waals surface area contributed by atoms with Gasteiger partial charge in [-0.25, -0.2) is 4.79 Å². The maximum absolute atomic E-state index is 14.7. The van der Waals surface area contributed by atoms with Gasteiger partial charge in [-0.3, -0.25) is 9.59 Å². The molecule has 5 fully saturated rings. The number of aliphatic hydroxyl groups excluding tert-OH is 1. The number of phenols is 1. The molecule has 54 heavy (non-hydrogen) atoms. The Morgan fingerprint density at radius 1 is 0.796 bits per heavy atom. The average Bonchev–Trinajstić information content (AvgIpc) is 3.53. The number of benzene rings is 2. The van der Waals surface area contributed by atoms with E-state index in [1.54, 1.807) is 18.2 Å². The largest absolute Gasteiger partial charge is 0.507 e. The number of aromatic hydroxyl groups is 1. The van der Waals surface area contributed by atoms with Gasteiger partial charge < -0.3 is 26.0 Å². The summed E-state index contributed by atoms with van der Waals surface area (Å²) in [7, 11) is 0. The summed E-state index contributed by atoms with van der Waals surface area (Å²) in [4.78, 5) is 39.3. The Hall–Kier alpha value is -3.65. The summed E-state index contributed by atoms with van der Waals surface area (Å²) >= 11 is 0. The maximum Gasteiger partial charge on any atom is 0.339 e. The van der Waals surface area contributed by atoms with Crippen molar-refractivity contribution in [1.82, 2.24) is 10.6 Å². The van der Waals surface area contributed by atoms with E-state index in [9.17, 15) is 29.7 Å². The van der Waals surface area contributed by atoms with Crippen LogP contribution in [0, 0.1) is 56.7 Å². The fourth-order valence-electron chi connectivity index (χ4n) is 13.9. The van der Waals surface area contributed by atoms with Crippen molar-refractivity contribution in [1.29, 1.82) is 0 Å². The summed E-state index contributed by atoms with van der Waals surface area (Å²) < 4.78 is 0. The molecule has 8 heteroatoms. The van der Waals surface area contributed by atoms with E-state index < -0.39 is 11.4 Å². The number of nitrogens with one attached hydrogen (secondary N) is 2. The second-order valence-electron chi connectivity index (χ2n) is 19.4. The number of carboxylic acid groups (broad SMARTS) is 1. The Bertz CT molecular complexity index is 1850. The molecule has 10 atom stereocenters. The van der Waals surface area contributed by atoms with Gasteiger partial charge >= 0.3 is 5.97 Å². The van der Waals surface area contributed by atoms with Gasteiger partial charge in [0.15, 0.2) is 0 Å². The first-order chi connectivity index (χ1) is 25.4. The second kappa shape index (κ2) is 13.5. The molecule has 5 saturated carbocycles. The molecule has 8 nitrogen and oxygen atoms in total. The van der Waals surface area contributed by atoms with Gasteiger partial charge in [0.25, 0.3) is 5.91 Å². The molecular weight excluding hydrogens is 677 g/mol. The molecule has 0 heterocycles. The number of aromatic carboxylic acids is 1. The molecule has 7 rings (SSSR count). The lowest BCUT2D eigenvalue weighted by molar-refractivity contribution is -0.246. The van der Waals surface area contributed by atoms with E-state index in [4.69, 9.17) is 0 Å². The summed E-state index contributed by atoms with van der Waals surface area (Å²) in [6.07, 6.45) is 10.2. The van der Waals surface area contributed by atoms with Crippen molar-refractivity contribution in [2.75, 3.05) is 0 Å². The average molecular weight is 739 g/mol. The van der Waals surface area contributed by atoms with E-state index in [0.717, 1.165) is 56.9 Å². The first kappa shape index (κ1) is 38.6. The van der Waals surface area contributed by atoms with E-state index in [-0.39, 0.29) is 63.4 Å². The standard InChI is InChI=1S/C46H62N2O6/c1-27(2)31-15-20-46(41(54)48-26-28-9-8-10-30(23-28)39(51)47-25-29-11-13-34(49)32(24-29)40(52)53)22-21-44(6)33(38(31)46)12-14-36-43(5)18-17-37(50)42(3,4)35(43)16-19-45(36,44)7/h8-11,13,23-24,31,33,35-38,49-50H,1,12,14-22,25-26H2,2-7H3,(H,47,51)(H,48,54)(H,52,53)/t31-,33?,35?,36?,37-,38?,43-,44+,45+,46-/m0/s1. The molecule has 292 valence electrons. The van der Waals surface area contributed by atoms with Gasteiger partial charge in [0.1, 0.15) is 11.3 Å². The van der Waals surface area contributed by atoms with Crippen LogP contribution < -0.4 is 10.6 Å². The number of aliphatic hydroxyl groups is 1. The lowest BCUT2D eigenvalue weighted by atomic mass is 9.32. The van der Waals surface area contributed by atoms with Crippen LogP contribution in [0.1, 0.15) is 138 Å². The third kappa shape index (κ3) is 5.83. The molecule has 0 aromatic heterocycles. The number of allylic oxidation sites excluding steroid dienone is 1. The third-order valence-corrected chi connectivity index (χ3v) is 16.9. The van der Waals surface area contributed by atoms with Gasteiger partial charge in [0, 0.05) is 18.7 Å². The van der Waals surface area contributed by atoms with Crippen LogP contribution in [-0.2, 0) is 17.9 Å². The predicted octanol–water partition coefficient (Wildman–Crippen LogP) is 8.66. The van der Waals surface area contributed by atoms with E-state index in [1.807, 2.05) is 12.1 Å². The molecule has 5 aliphatic rings. The molecule has 0 bridgehead atoms. The Kier molecular flexibility index (Phi) is 9.67. The number of carboxylic acids is 1. The van der Waals surface area contributed by atoms with Crippen molar-refractivity contribution < 1.29 is 29.7 Å². The van der Waals surface area contributed by atoms with E-state index in [2.05, 4.69) is 58.8 Å². The molecule has 2 amide bonds. The predicted molar refractivity (Wildman–Crippen MR) is 210 cm³/mol. The summed E-state index contributed by atoms with van der Waals surface area (Å²) in [5, 5.41) is 36.5. The Morgan fingerprint density at radius 2 is 1.52 bits per heavy atom. The van der Waals surface area contributed by atoms with Gasteiger partial charge in [-0.2, -0.15) is 0 Å². The highest BCUT2D eigenvalue weighted by atomic mass is 16.4. The first-order valence-corrected chi connectivity index (χ1v) is 20.4. The van der Waals surface area contributed by atoms with Crippen LogP contribution in [0.5, 0.6) is 5.75 Å². The zero-order valence-corrected chi connectivity index (χ0v) is 33.3. The smallest absolute Gasteiger partial charge is 0.339 e. The number of carbonyl (C=O) groups is 3. The van der Waals surface area contributed by atoms with Crippen molar-refractivity contribution in [2.45, 2.75) is 125 Å². The number of carbonyl (C=O) groups excluding carboxylic acids is 2. The van der Waals surface area contributed by atoms with Gasteiger partial charge in [-0.05, 0) is 158 Å². The summed E-state index contributed by atoms with van der Waals surface area (Å²) in [5.41, 5.74) is 2.83. The lowest BCUT2D eigenvalue weighted by Gasteiger charge is -2.72. The third-order valence-electron chi connectivity index (χ3n) is 16.9. The van der Waals surface area contributed by atoms with Crippen LogP contribution in [-0.4, -0.2) is 39.2 Å². The van der Waals surface area contributed by atoms with Crippen molar-refractivity contribution in [3.63, 3.8) is 0 Å². The van der Waals surface area contributed by atoms with E-state index >= 15 is 0 Å². The Morgan fingerprint density at radius 3 is 2.24 bits per heavy atom. The van der Waals surface area contributed by atoms with Gasteiger partial charge in [0.05, 0.1) is 11.5 Å². The molecule has 2 aromatic carbocycles. The topological polar surface area (TPSA) is 136 Å². The molecule has 4 unspecified atom stereocenters. The number of hydrogen-bond donors (Lipinski definition) is 5. The molecule has 2 aromatic rings. The van der Waals surface area contributed by atoms with Crippen LogP contribution in [0.25, 0.3) is 0 Å². The quantitative estimate of drug-likeness (QED) is 0.172. The molecule has 0 saturated heterocycles. The second-order valence-corrected chi connectivity index (χ2v) is 19.4. The Labute approximate surface area is 321 Å². The normalized spacial score (nSPS) is 37.8. The van der Waals surface area contributed by atoms with Crippen molar-refractivity contribution in [3.8, 4) is 5.75 Å².